The molecular formula is C34H35N5O3S. The highest BCUT2D eigenvalue weighted by atomic mass is 32.1. The largest absolute Gasteiger partial charge is 0.497 e. The molecule has 0 saturated heterocycles. The summed E-state index contributed by atoms with van der Waals surface area (Å²) in [6.07, 6.45) is 2.90. The summed E-state index contributed by atoms with van der Waals surface area (Å²) in [5.41, 5.74) is 9.39. The molecule has 6 rings (SSSR count). The quantitative estimate of drug-likeness (QED) is 0.227. The van der Waals surface area contributed by atoms with Crippen molar-refractivity contribution in [1.82, 2.24) is 14.0 Å². The van der Waals surface area contributed by atoms with Crippen molar-refractivity contribution < 1.29 is 9.47 Å². The highest BCUT2D eigenvalue weighted by molar-refractivity contribution is 7.07. The Morgan fingerprint density at radius 3 is 2.44 bits per heavy atom. The molecule has 1 aliphatic carbocycles. The first-order chi connectivity index (χ1) is 20.8. The molecule has 1 aliphatic rings. The Bertz CT molecular complexity index is 1990. The second kappa shape index (κ2) is 11.6. The summed E-state index contributed by atoms with van der Waals surface area (Å²) in [6, 6.07) is 19.8. The second-order valence-electron chi connectivity index (χ2n) is 10.8. The van der Waals surface area contributed by atoms with Crippen LogP contribution in [0.2, 0.25) is 0 Å². The lowest BCUT2D eigenvalue weighted by Gasteiger charge is -2.21. The van der Waals surface area contributed by atoms with Gasteiger partial charge >= 0.3 is 0 Å². The number of methoxy groups -OCH3 is 2. The number of hydrogen-bond donors (Lipinski definition) is 0. The molecule has 3 aromatic carbocycles. The maximum Gasteiger partial charge on any atom is 0.297 e. The molecule has 5 aromatic rings. The summed E-state index contributed by atoms with van der Waals surface area (Å²) in [5, 5.41) is 7.30. The van der Waals surface area contributed by atoms with Crippen LogP contribution in [-0.4, -0.2) is 34.0 Å². The van der Waals surface area contributed by atoms with Crippen molar-refractivity contribution in [3.05, 3.63) is 109 Å². The van der Waals surface area contributed by atoms with Gasteiger partial charge in [0, 0.05) is 23.6 Å². The number of fused-ring (bicyclic) bond motifs is 1. The van der Waals surface area contributed by atoms with E-state index in [2.05, 4.69) is 26.0 Å². The van der Waals surface area contributed by atoms with Crippen LogP contribution in [0.5, 0.6) is 11.5 Å². The van der Waals surface area contributed by atoms with Crippen LogP contribution in [0.15, 0.2) is 80.9 Å². The van der Waals surface area contributed by atoms with Crippen LogP contribution in [0, 0.1) is 20.8 Å². The molecule has 220 valence electrons. The average molecular weight is 594 g/mol. The number of aryl methyl sites for hydroxylation is 2. The lowest BCUT2D eigenvalue weighted by Crippen LogP contribution is -2.21. The van der Waals surface area contributed by atoms with Gasteiger partial charge in [0.1, 0.15) is 11.5 Å². The highest BCUT2D eigenvalue weighted by Crippen LogP contribution is 2.35. The minimum absolute atomic E-state index is 0.187. The third-order valence-electron chi connectivity index (χ3n) is 8.09. The maximum atomic E-state index is 13.8. The van der Waals surface area contributed by atoms with Crippen LogP contribution >= 0.6 is 11.3 Å². The maximum absolute atomic E-state index is 13.8. The zero-order chi connectivity index (χ0) is 30.2. The van der Waals surface area contributed by atoms with Crippen LogP contribution in [0.3, 0.4) is 0 Å². The minimum atomic E-state index is -0.187. The molecule has 9 heteroatoms. The van der Waals surface area contributed by atoms with Crippen molar-refractivity contribution in [2.24, 2.45) is 17.1 Å². The van der Waals surface area contributed by atoms with Gasteiger partial charge in [0.25, 0.3) is 5.56 Å². The van der Waals surface area contributed by atoms with Crippen molar-refractivity contribution in [3.63, 3.8) is 0 Å². The molecule has 2 aromatic heterocycles. The Morgan fingerprint density at radius 2 is 1.70 bits per heavy atom. The van der Waals surface area contributed by atoms with E-state index >= 15 is 0 Å². The first kappa shape index (κ1) is 28.5. The first-order valence-electron chi connectivity index (χ1n) is 14.3. The van der Waals surface area contributed by atoms with Gasteiger partial charge in [0.05, 0.1) is 37.0 Å². The summed E-state index contributed by atoms with van der Waals surface area (Å²) in [6.45, 7) is 6.22. The molecule has 0 radical (unpaired) electrons. The Labute approximate surface area is 254 Å². The Balaban J connectivity index is 1.63. The van der Waals surface area contributed by atoms with Crippen molar-refractivity contribution in [2.75, 3.05) is 14.2 Å². The summed E-state index contributed by atoms with van der Waals surface area (Å²) in [5.74, 6) is 1.40. The van der Waals surface area contributed by atoms with Crippen molar-refractivity contribution in [3.8, 4) is 28.4 Å². The molecule has 0 N–H and O–H groups in total. The van der Waals surface area contributed by atoms with Crippen molar-refractivity contribution in [1.29, 1.82) is 0 Å². The summed E-state index contributed by atoms with van der Waals surface area (Å²) in [7, 11) is 5.18. The fourth-order valence-electron chi connectivity index (χ4n) is 5.83. The van der Waals surface area contributed by atoms with Crippen molar-refractivity contribution in [2.45, 2.75) is 40.0 Å². The fourth-order valence-corrected chi connectivity index (χ4v) is 6.66. The lowest BCUT2D eigenvalue weighted by molar-refractivity contribution is 0.404. The number of nitrogens with zero attached hydrogens (tertiary/aromatic N) is 5. The molecule has 0 unspecified atom stereocenters. The van der Waals surface area contributed by atoms with E-state index in [0.29, 0.717) is 22.0 Å². The number of ether oxygens (including phenoxy) is 2. The van der Waals surface area contributed by atoms with E-state index in [4.69, 9.17) is 19.6 Å². The van der Waals surface area contributed by atoms with Crippen molar-refractivity contribution >= 4 is 22.7 Å². The highest BCUT2D eigenvalue weighted by Gasteiger charge is 2.22. The van der Waals surface area contributed by atoms with E-state index < -0.39 is 0 Å². The standard InChI is InChI=1S/C34H35N5O3S/c1-21-17-22(2)26-13-10-14-29(27(26)18-21)36-38-30(28-19-25(41-5)15-16-31(28)42-6)20-43-34(38)35-32-23(3)37(4)39(33(32)40)24-11-8-7-9-12-24/h7-9,11-12,15-20H,10,13-14H2,1-6H3. The van der Waals surface area contributed by atoms with Crippen LogP contribution in [0.25, 0.3) is 16.9 Å². The fraction of sp³-hybridized carbons (Fsp3) is 0.265. The molecular weight excluding hydrogens is 558 g/mol. The zero-order valence-electron chi connectivity index (χ0n) is 25.3. The SMILES string of the molecule is COc1ccc(OC)c(-c2csc(=Nc3c(C)n(C)n(-c4ccccc4)c3=O)n2N=C2CCCc3c(C)cc(C)cc32)c1. The third-order valence-corrected chi connectivity index (χ3v) is 8.90. The van der Waals surface area contributed by atoms with Crippen LogP contribution in [0.1, 0.15) is 40.8 Å². The summed E-state index contributed by atoms with van der Waals surface area (Å²) in [4.78, 5) is 19.4. The number of aromatic nitrogens is 3. The predicted octanol–water partition coefficient (Wildman–Crippen LogP) is 6.47. The average Bonchev–Trinajstić information content (AvgIpc) is 3.50. The first-order valence-corrected chi connectivity index (χ1v) is 15.2. The van der Waals surface area contributed by atoms with Gasteiger partial charge in [-0.05, 0) is 87.6 Å². The molecule has 0 atom stereocenters. The van der Waals surface area contributed by atoms with Crippen LogP contribution in [0.4, 0.5) is 5.69 Å². The lowest BCUT2D eigenvalue weighted by atomic mass is 9.86. The minimum Gasteiger partial charge on any atom is -0.497 e. The number of para-hydroxylation sites is 1. The summed E-state index contributed by atoms with van der Waals surface area (Å²) >= 11 is 1.44. The molecule has 0 bridgehead atoms. The smallest absolute Gasteiger partial charge is 0.297 e. The van der Waals surface area contributed by atoms with E-state index in [9.17, 15) is 4.79 Å². The number of rotatable bonds is 6. The molecule has 8 nitrogen and oxygen atoms in total. The van der Waals surface area contributed by atoms with Gasteiger partial charge in [0.2, 0.25) is 4.80 Å². The van der Waals surface area contributed by atoms with Gasteiger partial charge in [-0.25, -0.2) is 14.4 Å². The molecule has 0 aliphatic heterocycles. The molecule has 43 heavy (non-hydrogen) atoms. The van der Waals surface area contributed by atoms with E-state index in [1.165, 1.54) is 33.6 Å². The molecule has 2 heterocycles. The zero-order valence-corrected chi connectivity index (χ0v) is 26.2. The Morgan fingerprint density at radius 1 is 0.907 bits per heavy atom. The number of hydrogen-bond acceptors (Lipinski definition) is 6. The van der Waals surface area contributed by atoms with E-state index in [0.717, 1.165) is 47.6 Å². The Hall–Kier alpha value is -4.63. The molecule has 0 spiro atoms. The normalized spacial score (nSPS) is 14.3. The van der Waals surface area contributed by atoms with Gasteiger partial charge in [0.15, 0.2) is 5.69 Å². The second-order valence-corrected chi connectivity index (χ2v) is 11.6. The topological polar surface area (TPSA) is 75.0 Å². The molecule has 0 fully saturated rings. The summed E-state index contributed by atoms with van der Waals surface area (Å²) < 4.78 is 16.7. The van der Waals surface area contributed by atoms with Gasteiger partial charge < -0.3 is 9.47 Å². The van der Waals surface area contributed by atoms with Gasteiger partial charge in [-0.1, -0.05) is 29.8 Å². The van der Waals surface area contributed by atoms with E-state index in [-0.39, 0.29) is 5.56 Å². The van der Waals surface area contributed by atoms with Crippen LogP contribution in [-0.2, 0) is 13.5 Å². The van der Waals surface area contributed by atoms with Crippen LogP contribution < -0.4 is 19.8 Å². The molecule has 0 amide bonds. The monoisotopic (exact) mass is 593 g/mol. The third kappa shape index (κ3) is 5.14. The van der Waals surface area contributed by atoms with E-state index in [1.54, 1.807) is 18.9 Å². The van der Waals surface area contributed by atoms with Gasteiger partial charge in [-0.15, -0.1) is 11.3 Å². The number of benzene rings is 3. The Kier molecular flexibility index (Phi) is 7.66. The number of thiazole rings is 1. The van der Waals surface area contributed by atoms with Gasteiger partial charge in [-0.3, -0.25) is 9.48 Å². The predicted molar refractivity (Wildman–Crippen MR) is 173 cm³/mol. The van der Waals surface area contributed by atoms with E-state index in [1.807, 2.05) is 77.2 Å². The van der Waals surface area contributed by atoms with Gasteiger partial charge in [-0.2, -0.15) is 5.10 Å². The molecule has 0 saturated carbocycles.